The highest BCUT2D eigenvalue weighted by atomic mass is 35.5. The zero-order chi connectivity index (χ0) is 14.8. The predicted molar refractivity (Wildman–Crippen MR) is 86.6 cm³/mol. The summed E-state index contributed by atoms with van der Waals surface area (Å²) in [4.78, 5) is 0. The van der Waals surface area contributed by atoms with Gasteiger partial charge in [0.15, 0.2) is 0 Å². The minimum Gasteiger partial charge on any atom is -0.487 e. The number of nitrogens with two attached hydrogens (primary N) is 1. The summed E-state index contributed by atoms with van der Waals surface area (Å²) in [5.41, 5.74) is 9.13. The lowest BCUT2D eigenvalue weighted by atomic mass is 10.1. The Bertz CT molecular complexity index is 780. The number of hydrogen-bond donors (Lipinski definition) is 1. The van der Waals surface area contributed by atoms with Crippen LogP contribution in [0.3, 0.4) is 0 Å². The maximum atomic E-state index is 6.11. The van der Waals surface area contributed by atoms with Gasteiger partial charge in [0, 0.05) is 36.3 Å². The van der Waals surface area contributed by atoms with Crippen molar-refractivity contribution in [2.75, 3.05) is 0 Å². The number of ether oxygens (including phenoxy) is 1. The lowest BCUT2D eigenvalue weighted by Gasteiger charge is -2.07. The van der Waals surface area contributed by atoms with E-state index in [4.69, 9.17) is 22.1 Å². The number of halogens is 1. The fourth-order valence-corrected chi connectivity index (χ4v) is 2.66. The molecule has 0 aliphatic carbocycles. The molecule has 21 heavy (non-hydrogen) atoms. The smallest absolute Gasteiger partial charge is 0.138 e. The first-order valence-electron chi connectivity index (χ1n) is 6.83. The van der Waals surface area contributed by atoms with E-state index in [1.807, 2.05) is 31.3 Å². The Kier molecular flexibility index (Phi) is 3.86. The van der Waals surface area contributed by atoms with Crippen molar-refractivity contribution < 1.29 is 4.74 Å². The predicted octanol–water partition coefficient (Wildman–Crippen LogP) is 3.87. The lowest BCUT2D eigenvalue weighted by molar-refractivity contribution is 0.307. The molecule has 0 bridgehead atoms. The summed E-state index contributed by atoms with van der Waals surface area (Å²) in [7, 11) is 2.03. The van der Waals surface area contributed by atoms with Gasteiger partial charge in [-0.3, -0.25) is 0 Å². The first-order valence-corrected chi connectivity index (χ1v) is 7.21. The van der Waals surface area contributed by atoms with Crippen molar-refractivity contribution in [2.45, 2.75) is 13.2 Å². The van der Waals surface area contributed by atoms with Crippen molar-refractivity contribution in [3.63, 3.8) is 0 Å². The number of rotatable bonds is 4. The molecule has 0 spiro atoms. The zero-order valence-electron chi connectivity index (χ0n) is 11.8. The molecule has 0 unspecified atom stereocenters. The second kappa shape index (κ2) is 5.80. The van der Waals surface area contributed by atoms with Crippen molar-refractivity contribution in [3.05, 3.63) is 64.8 Å². The van der Waals surface area contributed by atoms with Crippen molar-refractivity contribution >= 4 is 22.5 Å². The third kappa shape index (κ3) is 2.75. The Morgan fingerprint density at radius 3 is 2.76 bits per heavy atom. The molecule has 1 heterocycles. The van der Waals surface area contributed by atoms with Crippen LogP contribution in [0.1, 0.15) is 11.1 Å². The maximum absolute atomic E-state index is 6.11. The Morgan fingerprint density at radius 1 is 1.19 bits per heavy atom. The van der Waals surface area contributed by atoms with Gasteiger partial charge in [0.1, 0.15) is 12.4 Å². The van der Waals surface area contributed by atoms with E-state index in [1.165, 1.54) is 5.39 Å². The summed E-state index contributed by atoms with van der Waals surface area (Å²) >= 11 is 6.11. The monoisotopic (exact) mass is 300 g/mol. The summed E-state index contributed by atoms with van der Waals surface area (Å²) in [5.74, 6) is 0.703. The first-order chi connectivity index (χ1) is 10.2. The highest BCUT2D eigenvalue weighted by molar-refractivity contribution is 6.32. The third-order valence-corrected chi connectivity index (χ3v) is 3.91. The molecular weight excluding hydrogens is 284 g/mol. The summed E-state index contributed by atoms with van der Waals surface area (Å²) in [6, 6.07) is 13.8. The van der Waals surface area contributed by atoms with Crippen molar-refractivity contribution in [1.29, 1.82) is 0 Å². The van der Waals surface area contributed by atoms with Crippen LogP contribution in [-0.4, -0.2) is 4.57 Å². The summed E-state index contributed by atoms with van der Waals surface area (Å²) < 4.78 is 7.93. The largest absolute Gasteiger partial charge is 0.487 e. The highest BCUT2D eigenvalue weighted by Gasteiger charge is 2.09. The molecule has 2 N–H and O–H groups in total. The molecule has 4 heteroatoms. The Morgan fingerprint density at radius 2 is 2.00 bits per heavy atom. The van der Waals surface area contributed by atoms with Gasteiger partial charge in [0.2, 0.25) is 0 Å². The fraction of sp³-hybridized carbons (Fsp3) is 0.176. The summed E-state index contributed by atoms with van der Waals surface area (Å²) in [6.45, 7) is 1.04. The van der Waals surface area contributed by atoms with Crippen LogP contribution in [0.25, 0.3) is 10.9 Å². The minimum atomic E-state index is 0.489. The van der Waals surface area contributed by atoms with Crippen LogP contribution in [0.4, 0.5) is 0 Å². The quantitative estimate of drug-likeness (QED) is 0.794. The van der Waals surface area contributed by atoms with Gasteiger partial charge >= 0.3 is 0 Å². The van der Waals surface area contributed by atoms with Gasteiger partial charge in [0.25, 0.3) is 0 Å². The van der Waals surface area contributed by atoms with E-state index in [1.54, 1.807) is 0 Å². The molecule has 0 atom stereocenters. The molecule has 2 aromatic carbocycles. The number of nitrogens with zero attached hydrogens (tertiary/aromatic N) is 1. The zero-order valence-corrected chi connectivity index (χ0v) is 12.6. The average Bonchev–Trinajstić information content (AvgIpc) is 2.82. The number of benzene rings is 2. The van der Waals surface area contributed by atoms with E-state index < -0.39 is 0 Å². The standard InChI is InChI=1S/C17H17ClN2O/c1-20-10-13(11-21-17-5-3-2-4-15(17)18)14-7-6-12(9-19)8-16(14)20/h2-8,10H,9,11,19H2,1H3. The van der Waals surface area contributed by atoms with E-state index in [2.05, 4.69) is 29.0 Å². The van der Waals surface area contributed by atoms with E-state index in [0.717, 1.165) is 16.6 Å². The second-order valence-corrected chi connectivity index (χ2v) is 5.45. The van der Waals surface area contributed by atoms with Gasteiger partial charge in [-0.25, -0.2) is 0 Å². The number of para-hydroxylation sites is 1. The minimum absolute atomic E-state index is 0.489. The molecule has 1 aromatic heterocycles. The molecule has 0 amide bonds. The van der Waals surface area contributed by atoms with Crippen LogP contribution in [0.5, 0.6) is 5.75 Å². The van der Waals surface area contributed by atoms with Gasteiger partial charge in [0.05, 0.1) is 5.02 Å². The van der Waals surface area contributed by atoms with Crippen LogP contribution >= 0.6 is 11.6 Å². The van der Waals surface area contributed by atoms with E-state index in [0.29, 0.717) is 23.9 Å². The number of aryl methyl sites for hydroxylation is 1. The summed E-state index contributed by atoms with van der Waals surface area (Å²) in [5, 5.41) is 1.81. The third-order valence-electron chi connectivity index (χ3n) is 3.59. The SMILES string of the molecule is Cn1cc(COc2ccccc2Cl)c2ccc(CN)cc21. The van der Waals surface area contributed by atoms with Gasteiger partial charge in [-0.05, 0) is 23.8 Å². The van der Waals surface area contributed by atoms with Crippen LogP contribution in [0.15, 0.2) is 48.7 Å². The molecule has 3 aromatic rings. The molecule has 0 saturated carbocycles. The van der Waals surface area contributed by atoms with E-state index in [-0.39, 0.29) is 0 Å². The molecular formula is C17H17ClN2O. The normalized spacial score (nSPS) is 11.0. The Labute approximate surface area is 128 Å². The molecule has 0 aliphatic heterocycles. The lowest BCUT2D eigenvalue weighted by Crippen LogP contribution is -1.96. The van der Waals surface area contributed by atoms with Crippen LogP contribution in [0.2, 0.25) is 5.02 Å². The van der Waals surface area contributed by atoms with Crippen molar-refractivity contribution in [3.8, 4) is 5.75 Å². The van der Waals surface area contributed by atoms with Crippen LogP contribution < -0.4 is 10.5 Å². The van der Waals surface area contributed by atoms with Gasteiger partial charge in [-0.1, -0.05) is 35.9 Å². The first kappa shape index (κ1) is 14.0. The number of hydrogen-bond acceptors (Lipinski definition) is 2. The maximum Gasteiger partial charge on any atom is 0.138 e. The molecule has 0 fully saturated rings. The average molecular weight is 301 g/mol. The van der Waals surface area contributed by atoms with Gasteiger partial charge in [-0.2, -0.15) is 0 Å². The second-order valence-electron chi connectivity index (χ2n) is 5.04. The number of fused-ring (bicyclic) bond motifs is 1. The summed E-state index contributed by atoms with van der Waals surface area (Å²) in [6.07, 6.45) is 2.09. The van der Waals surface area contributed by atoms with E-state index >= 15 is 0 Å². The van der Waals surface area contributed by atoms with E-state index in [9.17, 15) is 0 Å². The van der Waals surface area contributed by atoms with Crippen LogP contribution in [0, 0.1) is 0 Å². The number of aromatic nitrogens is 1. The molecule has 0 radical (unpaired) electrons. The Hall–Kier alpha value is -1.97. The van der Waals surface area contributed by atoms with Crippen LogP contribution in [-0.2, 0) is 20.2 Å². The van der Waals surface area contributed by atoms with Crippen molar-refractivity contribution in [2.24, 2.45) is 12.8 Å². The molecule has 0 aliphatic rings. The molecule has 0 saturated heterocycles. The van der Waals surface area contributed by atoms with Crippen molar-refractivity contribution in [1.82, 2.24) is 4.57 Å². The fourth-order valence-electron chi connectivity index (χ4n) is 2.47. The molecule has 108 valence electrons. The molecule has 3 nitrogen and oxygen atoms in total. The van der Waals surface area contributed by atoms with Gasteiger partial charge < -0.3 is 15.0 Å². The molecule has 3 rings (SSSR count). The highest BCUT2D eigenvalue weighted by Crippen LogP contribution is 2.27. The van der Waals surface area contributed by atoms with Gasteiger partial charge in [-0.15, -0.1) is 0 Å². The topological polar surface area (TPSA) is 40.2 Å². The Balaban J connectivity index is 1.89.